The maximum absolute atomic E-state index is 14.0. The molecule has 2 aromatic rings. The lowest BCUT2D eigenvalue weighted by atomic mass is 10.1. The Kier molecular flexibility index (Phi) is 4.57. The van der Waals surface area contributed by atoms with Crippen LogP contribution >= 0.6 is 23.2 Å². The van der Waals surface area contributed by atoms with Gasteiger partial charge in [-0.05, 0) is 19.1 Å². The maximum Gasteiger partial charge on any atom is 0.315 e. The average molecular weight is 411 g/mol. The fourth-order valence-electron chi connectivity index (χ4n) is 3.08. The molecule has 0 bridgehead atoms. The molecule has 1 saturated carbocycles. The van der Waals surface area contributed by atoms with E-state index >= 15 is 0 Å². The van der Waals surface area contributed by atoms with Gasteiger partial charge in [0.05, 0.1) is 6.61 Å². The largest absolute Gasteiger partial charge is 0.460 e. The Balaban J connectivity index is 1.54. The van der Waals surface area contributed by atoms with E-state index in [1.165, 1.54) is 12.1 Å². The molecule has 1 heterocycles. The van der Waals surface area contributed by atoms with Crippen LogP contribution in [0.3, 0.4) is 0 Å². The summed E-state index contributed by atoms with van der Waals surface area (Å²) in [7, 11) is 0. The minimum absolute atomic E-state index is 0.139. The third-order valence-corrected chi connectivity index (χ3v) is 6.06. The van der Waals surface area contributed by atoms with Gasteiger partial charge in [0.15, 0.2) is 0 Å². The van der Waals surface area contributed by atoms with Crippen molar-refractivity contribution in [3.8, 4) is 5.75 Å². The highest BCUT2D eigenvalue weighted by Gasteiger charge is 2.69. The summed E-state index contributed by atoms with van der Waals surface area (Å²) in [6.45, 7) is 1.70. The number of halogens is 3. The summed E-state index contributed by atoms with van der Waals surface area (Å²) in [6.07, 6.45) is -0.290. The standard InChI is InChI=1S/C20H17Cl2FO4/c1-19(11-20(19,21)22)18(24)26-10-14-8-15(23)7-13-9-25-17(27-16(13)14)12-5-3-2-4-6-12/h2-8,17H,9-11H2,1H3/t17-,19-/m1/s1. The molecule has 0 saturated heterocycles. The van der Waals surface area contributed by atoms with Crippen molar-refractivity contribution in [1.29, 1.82) is 0 Å². The van der Waals surface area contributed by atoms with Gasteiger partial charge in [-0.15, -0.1) is 23.2 Å². The molecule has 0 unspecified atom stereocenters. The van der Waals surface area contributed by atoms with Crippen LogP contribution in [0.4, 0.5) is 4.39 Å². The Labute approximate surface area is 166 Å². The molecule has 7 heteroatoms. The SMILES string of the molecule is C[C@]1(C(=O)OCc2cc(F)cc3c2O[C@H](c2ccccc2)OC3)CC1(Cl)Cl. The molecule has 0 spiro atoms. The third-order valence-electron chi connectivity index (χ3n) is 4.96. The number of esters is 1. The van der Waals surface area contributed by atoms with Crippen molar-refractivity contribution in [3.05, 3.63) is 65.0 Å². The Morgan fingerprint density at radius 3 is 2.67 bits per heavy atom. The van der Waals surface area contributed by atoms with Gasteiger partial charge in [-0.2, -0.15) is 0 Å². The number of carbonyl (C=O) groups is 1. The molecule has 1 aliphatic carbocycles. The lowest BCUT2D eigenvalue weighted by molar-refractivity contribution is -0.151. The van der Waals surface area contributed by atoms with Crippen molar-refractivity contribution in [3.63, 3.8) is 0 Å². The van der Waals surface area contributed by atoms with E-state index in [4.69, 9.17) is 37.4 Å². The lowest BCUT2D eigenvalue weighted by Gasteiger charge is -2.28. The van der Waals surface area contributed by atoms with Crippen molar-refractivity contribution in [2.75, 3.05) is 0 Å². The number of hydrogen-bond acceptors (Lipinski definition) is 4. The topological polar surface area (TPSA) is 44.8 Å². The molecule has 1 aliphatic heterocycles. The van der Waals surface area contributed by atoms with E-state index in [9.17, 15) is 9.18 Å². The van der Waals surface area contributed by atoms with Crippen LogP contribution in [0.15, 0.2) is 42.5 Å². The number of benzene rings is 2. The Bertz CT molecular complexity index is 887. The van der Waals surface area contributed by atoms with Crippen molar-refractivity contribution in [2.24, 2.45) is 5.41 Å². The van der Waals surface area contributed by atoms with Gasteiger partial charge in [0, 0.05) is 23.1 Å². The van der Waals surface area contributed by atoms with Crippen LogP contribution in [0, 0.1) is 11.2 Å². The summed E-state index contributed by atoms with van der Waals surface area (Å²) in [6, 6.07) is 12.1. The van der Waals surface area contributed by atoms with E-state index in [1.807, 2.05) is 30.3 Å². The van der Waals surface area contributed by atoms with Gasteiger partial charge in [0.25, 0.3) is 0 Å². The van der Waals surface area contributed by atoms with Gasteiger partial charge >= 0.3 is 5.97 Å². The molecule has 142 valence electrons. The van der Waals surface area contributed by atoms with E-state index in [-0.39, 0.29) is 13.2 Å². The van der Waals surface area contributed by atoms with Crippen LogP contribution in [0.25, 0.3) is 0 Å². The first-order chi connectivity index (χ1) is 12.8. The molecule has 0 amide bonds. The number of ether oxygens (including phenoxy) is 3. The molecule has 2 aromatic carbocycles. The monoisotopic (exact) mass is 410 g/mol. The predicted octanol–water partition coefficient (Wildman–Crippen LogP) is 5.06. The maximum atomic E-state index is 14.0. The van der Waals surface area contributed by atoms with Gasteiger partial charge in [-0.25, -0.2) is 4.39 Å². The van der Waals surface area contributed by atoms with Gasteiger partial charge < -0.3 is 14.2 Å². The van der Waals surface area contributed by atoms with E-state index in [0.29, 0.717) is 23.3 Å². The highest BCUT2D eigenvalue weighted by Crippen LogP contribution is 2.64. The van der Waals surface area contributed by atoms with E-state index in [1.54, 1.807) is 6.92 Å². The molecule has 2 atom stereocenters. The van der Waals surface area contributed by atoms with Crippen LogP contribution in [0.2, 0.25) is 0 Å². The number of hydrogen-bond donors (Lipinski definition) is 0. The van der Waals surface area contributed by atoms with Crippen molar-refractivity contribution >= 4 is 29.2 Å². The summed E-state index contributed by atoms with van der Waals surface area (Å²) in [4.78, 5) is 12.3. The number of carbonyl (C=O) groups excluding carboxylic acids is 1. The van der Waals surface area contributed by atoms with Crippen LogP contribution in [0.1, 0.15) is 36.3 Å². The van der Waals surface area contributed by atoms with Crippen LogP contribution in [-0.4, -0.2) is 10.3 Å². The van der Waals surface area contributed by atoms with Crippen LogP contribution < -0.4 is 4.74 Å². The van der Waals surface area contributed by atoms with E-state index in [2.05, 4.69) is 0 Å². The number of fused-ring (bicyclic) bond motifs is 1. The summed E-state index contributed by atoms with van der Waals surface area (Å²) in [5, 5.41) is 0. The van der Waals surface area contributed by atoms with Crippen molar-refractivity contribution in [1.82, 2.24) is 0 Å². The summed E-state index contributed by atoms with van der Waals surface area (Å²) in [5.74, 6) is -0.503. The highest BCUT2D eigenvalue weighted by molar-refractivity contribution is 6.53. The molecule has 2 aliphatic rings. The Morgan fingerprint density at radius 2 is 2.00 bits per heavy atom. The molecule has 0 radical (unpaired) electrons. The van der Waals surface area contributed by atoms with Crippen molar-refractivity contribution in [2.45, 2.75) is 37.2 Å². The fraction of sp³-hybridized carbons (Fsp3) is 0.350. The van der Waals surface area contributed by atoms with Gasteiger partial charge in [0.1, 0.15) is 27.9 Å². The molecule has 4 rings (SSSR count). The summed E-state index contributed by atoms with van der Waals surface area (Å²) >= 11 is 12.0. The zero-order valence-corrected chi connectivity index (χ0v) is 16.0. The van der Waals surface area contributed by atoms with Gasteiger partial charge in [-0.3, -0.25) is 4.79 Å². The minimum atomic E-state index is -1.12. The minimum Gasteiger partial charge on any atom is -0.460 e. The second kappa shape index (κ2) is 6.66. The number of alkyl halides is 2. The Hall–Kier alpha value is -1.82. The molecule has 0 aromatic heterocycles. The first kappa shape index (κ1) is 18.5. The zero-order chi connectivity index (χ0) is 19.2. The van der Waals surface area contributed by atoms with Gasteiger partial charge in [-0.1, -0.05) is 30.3 Å². The molecular weight excluding hydrogens is 394 g/mol. The molecule has 0 N–H and O–H groups in total. The fourth-order valence-corrected chi connectivity index (χ4v) is 3.77. The van der Waals surface area contributed by atoms with Crippen molar-refractivity contribution < 1.29 is 23.4 Å². The van der Waals surface area contributed by atoms with Crippen LogP contribution in [0.5, 0.6) is 5.75 Å². The lowest BCUT2D eigenvalue weighted by Crippen LogP contribution is -2.22. The molecular formula is C20H17Cl2FO4. The number of rotatable bonds is 4. The third kappa shape index (κ3) is 3.40. The Morgan fingerprint density at radius 1 is 1.30 bits per heavy atom. The average Bonchev–Trinajstić information content (AvgIpc) is 3.18. The summed E-state index contributed by atoms with van der Waals surface area (Å²) < 4.78 is 29.8. The smallest absolute Gasteiger partial charge is 0.315 e. The van der Waals surface area contributed by atoms with E-state index in [0.717, 1.165) is 5.56 Å². The second-order valence-electron chi connectivity index (χ2n) is 7.01. The zero-order valence-electron chi connectivity index (χ0n) is 14.5. The normalized spacial score (nSPS) is 25.3. The first-order valence-electron chi connectivity index (χ1n) is 8.50. The van der Waals surface area contributed by atoms with Crippen LogP contribution in [-0.2, 0) is 27.5 Å². The van der Waals surface area contributed by atoms with Gasteiger partial charge in [0.2, 0.25) is 6.29 Å². The quantitative estimate of drug-likeness (QED) is 0.521. The molecule has 4 nitrogen and oxygen atoms in total. The summed E-state index contributed by atoms with van der Waals surface area (Å²) in [5.41, 5.74) is 0.895. The first-order valence-corrected chi connectivity index (χ1v) is 9.25. The second-order valence-corrected chi connectivity index (χ2v) is 8.50. The highest BCUT2D eigenvalue weighted by atomic mass is 35.5. The molecule has 27 heavy (non-hydrogen) atoms. The predicted molar refractivity (Wildman–Crippen MR) is 98.0 cm³/mol. The molecule has 1 fully saturated rings. The van der Waals surface area contributed by atoms with E-state index < -0.39 is 27.8 Å².